The second-order valence-corrected chi connectivity index (χ2v) is 4.59. The van der Waals surface area contributed by atoms with Gasteiger partial charge in [0.15, 0.2) is 5.78 Å². The smallest absolute Gasteiger partial charge is 0.154 e. The molecule has 2 rings (SSSR count). The molecule has 2 unspecified atom stereocenters. The van der Waals surface area contributed by atoms with E-state index in [9.17, 15) is 9.18 Å². The highest BCUT2D eigenvalue weighted by molar-refractivity contribution is 6.38. The third-order valence-corrected chi connectivity index (χ3v) is 3.59. The van der Waals surface area contributed by atoms with Crippen molar-refractivity contribution in [2.24, 2.45) is 0 Å². The summed E-state index contributed by atoms with van der Waals surface area (Å²) in [5.41, 5.74) is 0.564. The molecule has 0 bridgehead atoms. The Morgan fingerprint density at radius 1 is 1.60 bits per heavy atom. The molecule has 0 N–H and O–H groups in total. The summed E-state index contributed by atoms with van der Waals surface area (Å²) < 4.78 is 13.4. The van der Waals surface area contributed by atoms with E-state index < -0.39 is 4.87 Å². The zero-order chi connectivity index (χ0) is 11.1. The van der Waals surface area contributed by atoms with Gasteiger partial charge in [-0.3, -0.25) is 4.79 Å². The maximum atomic E-state index is 13.4. The first kappa shape index (κ1) is 10.6. The summed E-state index contributed by atoms with van der Waals surface area (Å²) in [7, 11) is 0. The zero-order valence-electron chi connectivity index (χ0n) is 8.47. The molecular formula is C12H12ClFO. The molecule has 15 heavy (non-hydrogen) atoms. The van der Waals surface area contributed by atoms with Gasteiger partial charge in [0, 0.05) is 12.3 Å². The Bertz CT molecular complexity index is 404. The monoisotopic (exact) mass is 226 g/mol. The third-order valence-electron chi connectivity index (χ3n) is 2.96. The van der Waals surface area contributed by atoms with Gasteiger partial charge in [-0.2, -0.15) is 0 Å². The number of halogens is 2. The Labute approximate surface area is 93.2 Å². The highest BCUT2D eigenvalue weighted by Gasteiger charge is 2.58. The number of carbonyl (C=O) groups is 1. The number of benzene rings is 1. The van der Waals surface area contributed by atoms with Crippen molar-refractivity contribution < 1.29 is 9.18 Å². The molecule has 80 valence electrons. The summed E-state index contributed by atoms with van der Waals surface area (Å²) in [6, 6.07) is 6.51. The van der Waals surface area contributed by atoms with Crippen LogP contribution in [0.4, 0.5) is 4.39 Å². The predicted octanol–water partition coefficient (Wildman–Crippen LogP) is 3.27. The lowest BCUT2D eigenvalue weighted by atomic mass is 10.1. The lowest BCUT2D eigenvalue weighted by Crippen LogP contribution is -2.16. The molecule has 0 amide bonds. The van der Waals surface area contributed by atoms with Crippen LogP contribution in [0.15, 0.2) is 24.3 Å². The third kappa shape index (κ3) is 1.67. The average Bonchev–Trinajstić information content (AvgIpc) is 2.91. The molecule has 1 fully saturated rings. The van der Waals surface area contributed by atoms with E-state index in [0.717, 1.165) is 0 Å². The minimum atomic E-state index is -0.836. The number of hydrogen-bond acceptors (Lipinski definition) is 1. The van der Waals surface area contributed by atoms with Crippen LogP contribution in [-0.2, 0) is 4.79 Å². The van der Waals surface area contributed by atoms with Crippen molar-refractivity contribution in [2.45, 2.75) is 30.6 Å². The van der Waals surface area contributed by atoms with E-state index in [2.05, 4.69) is 0 Å². The maximum Gasteiger partial charge on any atom is 0.154 e. The van der Waals surface area contributed by atoms with Gasteiger partial charge in [-0.05, 0) is 18.1 Å². The first-order valence-electron chi connectivity index (χ1n) is 5.06. The molecule has 0 aromatic heterocycles. The van der Waals surface area contributed by atoms with Crippen LogP contribution in [0.2, 0.25) is 0 Å². The molecule has 0 spiro atoms. The number of ketones is 1. The molecule has 3 heteroatoms. The van der Waals surface area contributed by atoms with Crippen molar-refractivity contribution in [3.63, 3.8) is 0 Å². The number of Topliss-reactive ketones (excluding diaryl/α,β-unsaturated/α-hetero) is 1. The highest BCUT2D eigenvalue weighted by atomic mass is 35.5. The summed E-state index contributed by atoms with van der Waals surface area (Å²) >= 11 is 6.15. The molecule has 1 aromatic rings. The molecule has 0 heterocycles. The fraction of sp³-hybridized carbons (Fsp3) is 0.417. The van der Waals surface area contributed by atoms with E-state index in [1.807, 2.05) is 0 Å². The van der Waals surface area contributed by atoms with Crippen LogP contribution in [0.25, 0.3) is 0 Å². The highest BCUT2D eigenvalue weighted by Crippen LogP contribution is 2.57. The van der Waals surface area contributed by atoms with E-state index in [1.54, 1.807) is 25.1 Å². The van der Waals surface area contributed by atoms with Gasteiger partial charge in [0.25, 0.3) is 0 Å². The van der Waals surface area contributed by atoms with Gasteiger partial charge in [-0.25, -0.2) is 4.39 Å². The Morgan fingerprint density at radius 2 is 2.27 bits per heavy atom. The average molecular weight is 227 g/mol. The minimum absolute atomic E-state index is 0.0115. The summed E-state index contributed by atoms with van der Waals surface area (Å²) in [6.07, 6.45) is 0.969. The van der Waals surface area contributed by atoms with Gasteiger partial charge < -0.3 is 0 Å². The summed E-state index contributed by atoms with van der Waals surface area (Å²) in [5.74, 6) is -0.404. The molecule has 1 nitrogen and oxygen atoms in total. The van der Waals surface area contributed by atoms with Crippen molar-refractivity contribution in [3.8, 4) is 0 Å². The van der Waals surface area contributed by atoms with E-state index in [0.29, 0.717) is 18.4 Å². The Kier molecular flexibility index (Phi) is 2.55. The number of alkyl halides is 1. The SMILES string of the molecule is CCC(=O)C1(Cl)CC1c1ccccc1F. The van der Waals surface area contributed by atoms with Gasteiger partial charge in [-0.1, -0.05) is 25.1 Å². The normalized spacial score (nSPS) is 28.9. The van der Waals surface area contributed by atoms with Gasteiger partial charge in [0.2, 0.25) is 0 Å². The Morgan fingerprint density at radius 3 is 2.87 bits per heavy atom. The van der Waals surface area contributed by atoms with E-state index >= 15 is 0 Å². The van der Waals surface area contributed by atoms with Crippen LogP contribution in [-0.4, -0.2) is 10.7 Å². The lowest BCUT2D eigenvalue weighted by Gasteiger charge is -2.06. The van der Waals surface area contributed by atoms with E-state index in [1.165, 1.54) is 6.07 Å². The second-order valence-electron chi connectivity index (χ2n) is 3.92. The number of carbonyl (C=O) groups excluding carboxylic acids is 1. The van der Waals surface area contributed by atoms with Gasteiger partial charge >= 0.3 is 0 Å². The van der Waals surface area contributed by atoms with Crippen molar-refractivity contribution in [1.29, 1.82) is 0 Å². The topological polar surface area (TPSA) is 17.1 Å². The van der Waals surface area contributed by atoms with Crippen molar-refractivity contribution >= 4 is 17.4 Å². The predicted molar refractivity (Wildman–Crippen MR) is 57.6 cm³/mol. The number of rotatable bonds is 3. The molecule has 0 saturated heterocycles. The van der Waals surface area contributed by atoms with Crippen molar-refractivity contribution in [1.82, 2.24) is 0 Å². The van der Waals surface area contributed by atoms with Gasteiger partial charge in [0.05, 0.1) is 0 Å². The van der Waals surface area contributed by atoms with Gasteiger partial charge in [-0.15, -0.1) is 11.6 Å². The molecule has 2 atom stereocenters. The lowest BCUT2D eigenvalue weighted by molar-refractivity contribution is -0.119. The summed E-state index contributed by atoms with van der Waals surface area (Å²) in [4.78, 5) is 10.7. The van der Waals surface area contributed by atoms with E-state index in [4.69, 9.17) is 11.6 Å². The molecule has 1 saturated carbocycles. The molecule has 1 aromatic carbocycles. The molecule has 1 aliphatic rings. The van der Waals surface area contributed by atoms with Crippen molar-refractivity contribution in [3.05, 3.63) is 35.6 Å². The first-order valence-corrected chi connectivity index (χ1v) is 5.44. The Hall–Kier alpha value is -0.890. The first-order chi connectivity index (χ1) is 7.09. The van der Waals surface area contributed by atoms with Crippen LogP contribution in [0.5, 0.6) is 0 Å². The standard InChI is InChI=1S/C12H12ClFO/c1-2-11(15)12(13)7-9(12)8-5-3-4-6-10(8)14/h3-6,9H,2,7H2,1H3. The fourth-order valence-corrected chi connectivity index (χ4v) is 2.36. The molecule has 0 radical (unpaired) electrons. The van der Waals surface area contributed by atoms with Crippen LogP contribution in [0.1, 0.15) is 31.2 Å². The van der Waals surface area contributed by atoms with Crippen LogP contribution in [0.3, 0.4) is 0 Å². The van der Waals surface area contributed by atoms with Crippen LogP contribution in [0, 0.1) is 5.82 Å². The largest absolute Gasteiger partial charge is 0.298 e. The van der Waals surface area contributed by atoms with Crippen LogP contribution >= 0.6 is 11.6 Å². The summed E-state index contributed by atoms with van der Waals surface area (Å²) in [5, 5.41) is 0. The quantitative estimate of drug-likeness (QED) is 0.723. The molecule has 0 aliphatic heterocycles. The van der Waals surface area contributed by atoms with E-state index in [-0.39, 0.29) is 17.5 Å². The maximum absolute atomic E-state index is 13.4. The number of hydrogen-bond donors (Lipinski definition) is 0. The second kappa shape index (κ2) is 3.60. The Balaban J connectivity index is 2.24. The fourth-order valence-electron chi connectivity index (χ4n) is 1.95. The van der Waals surface area contributed by atoms with Crippen molar-refractivity contribution in [2.75, 3.05) is 0 Å². The van der Waals surface area contributed by atoms with Crippen LogP contribution < -0.4 is 0 Å². The zero-order valence-corrected chi connectivity index (χ0v) is 9.22. The molecule has 1 aliphatic carbocycles. The van der Waals surface area contributed by atoms with Gasteiger partial charge in [0.1, 0.15) is 10.7 Å². The minimum Gasteiger partial charge on any atom is -0.298 e. The molecular weight excluding hydrogens is 215 g/mol. The summed E-state index contributed by atoms with van der Waals surface area (Å²) in [6.45, 7) is 1.78.